The number of nitrogens with zero attached hydrogens (tertiary/aromatic N) is 1. The maximum atomic E-state index is 13.0. The smallest absolute Gasteiger partial charge is 0.242 e. The van der Waals surface area contributed by atoms with Crippen LogP contribution in [0.4, 0.5) is 4.39 Å². The molecule has 1 amide bonds. The van der Waals surface area contributed by atoms with Crippen LogP contribution in [0.5, 0.6) is 0 Å². The van der Waals surface area contributed by atoms with Crippen LogP contribution in [0.3, 0.4) is 0 Å². The van der Waals surface area contributed by atoms with Crippen LogP contribution in [0.25, 0.3) is 0 Å². The fraction of sp³-hybridized carbons (Fsp3) is 0.632. The molecule has 1 aliphatic rings. The van der Waals surface area contributed by atoms with Crippen molar-refractivity contribution in [1.29, 1.82) is 0 Å². The number of halogens is 2. The van der Waals surface area contributed by atoms with Crippen LogP contribution in [0.1, 0.15) is 44.9 Å². The molecule has 1 atom stereocenters. The molecule has 0 aliphatic heterocycles. The third kappa shape index (κ3) is 6.99. The fourth-order valence-electron chi connectivity index (χ4n) is 3.55. The molecule has 1 saturated carbocycles. The first-order chi connectivity index (χ1) is 12.8. The second kappa shape index (κ2) is 11.7. The number of hydrogen-bond acceptors (Lipinski definition) is 4. The summed E-state index contributed by atoms with van der Waals surface area (Å²) in [7, 11) is -2.22. The Labute approximate surface area is 173 Å². The summed E-state index contributed by atoms with van der Waals surface area (Å²) in [6, 6.07) is 4.71. The van der Waals surface area contributed by atoms with Crippen molar-refractivity contribution in [2.24, 2.45) is 11.7 Å². The van der Waals surface area contributed by atoms with Gasteiger partial charge in [0.15, 0.2) is 0 Å². The highest BCUT2D eigenvalue weighted by molar-refractivity contribution is 7.89. The summed E-state index contributed by atoms with van der Waals surface area (Å²) in [5.41, 5.74) is 5.83. The first kappa shape index (κ1) is 24.8. The molecule has 0 radical (unpaired) electrons. The van der Waals surface area contributed by atoms with Crippen LogP contribution in [-0.4, -0.2) is 44.8 Å². The highest BCUT2D eigenvalue weighted by atomic mass is 35.5. The Morgan fingerprint density at radius 2 is 1.86 bits per heavy atom. The lowest BCUT2D eigenvalue weighted by Gasteiger charge is -2.30. The first-order valence-electron chi connectivity index (χ1n) is 9.56. The summed E-state index contributed by atoms with van der Waals surface area (Å²) in [5.74, 6) is -0.140. The fourth-order valence-corrected chi connectivity index (χ4v) is 4.76. The monoisotopic (exact) mass is 435 g/mol. The average molecular weight is 436 g/mol. The molecule has 9 heteroatoms. The second-order valence-electron chi connectivity index (χ2n) is 7.19. The van der Waals surface area contributed by atoms with E-state index in [0.717, 1.165) is 25.0 Å². The Hall–Kier alpha value is -1.22. The molecular formula is C19H31ClFN3O3S. The van der Waals surface area contributed by atoms with Gasteiger partial charge in [-0.2, -0.15) is 0 Å². The minimum absolute atomic E-state index is 0. The van der Waals surface area contributed by atoms with Crippen molar-refractivity contribution in [3.63, 3.8) is 0 Å². The van der Waals surface area contributed by atoms with Gasteiger partial charge in [0.1, 0.15) is 5.82 Å². The maximum absolute atomic E-state index is 13.0. The van der Waals surface area contributed by atoms with Crippen molar-refractivity contribution < 1.29 is 17.6 Å². The normalized spacial score (nSPS) is 16.4. The third-order valence-electron chi connectivity index (χ3n) is 5.22. The van der Waals surface area contributed by atoms with Crippen molar-refractivity contribution in [2.45, 2.75) is 55.9 Å². The number of sulfonamides is 1. The molecule has 1 unspecified atom stereocenters. The molecule has 2 rings (SSSR count). The Morgan fingerprint density at radius 1 is 1.25 bits per heavy atom. The molecular weight excluding hydrogens is 405 g/mol. The summed E-state index contributed by atoms with van der Waals surface area (Å²) >= 11 is 0. The number of benzene rings is 1. The molecule has 0 aromatic heterocycles. The van der Waals surface area contributed by atoms with E-state index in [4.69, 9.17) is 5.73 Å². The molecule has 1 aromatic carbocycles. The minimum Gasteiger partial charge on any atom is -0.352 e. The number of amides is 1. The van der Waals surface area contributed by atoms with Gasteiger partial charge < -0.3 is 11.1 Å². The molecule has 28 heavy (non-hydrogen) atoms. The number of carbonyl (C=O) groups excluding carboxylic acids is 1. The summed E-state index contributed by atoms with van der Waals surface area (Å²) < 4.78 is 39.0. The van der Waals surface area contributed by atoms with Crippen LogP contribution in [-0.2, 0) is 14.8 Å². The zero-order valence-corrected chi connectivity index (χ0v) is 17.9. The number of hydrogen-bond donors (Lipinski definition) is 2. The number of nitrogens with one attached hydrogen (secondary N) is 1. The first-order valence-corrected chi connectivity index (χ1v) is 11.0. The van der Waals surface area contributed by atoms with Gasteiger partial charge in [-0.05, 0) is 49.4 Å². The van der Waals surface area contributed by atoms with Crippen LogP contribution in [0, 0.1) is 11.7 Å². The zero-order chi connectivity index (χ0) is 19.9. The van der Waals surface area contributed by atoms with Crippen LogP contribution in [0.2, 0.25) is 0 Å². The molecule has 0 saturated heterocycles. The molecule has 0 heterocycles. The summed E-state index contributed by atoms with van der Waals surface area (Å²) in [6.45, 7) is 0.638. The Morgan fingerprint density at radius 3 is 2.43 bits per heavy atom. The number of nitrogens with two attached hydrogens (primary N) is 1. The van der Waals surface area contributed by atoms with Crippen LogP contribution < -0.4 is 11.1 Å². The second-order valence-corrected chi connectivity index (χ2v) is 9.24. The van der Waals surface area contributed by atoms with Gasteiger partial charge in [0.05, 0.1) is 4.90 Å². The van der Waals surface area contributed by atoms with Gasteiger partial charge in [0.25, 0.3) is 0 Å². The molecule has 160 valence electrons. The van der Waals surface area contributed by atoms with Crippen molar-refractivity contribution in [3.05, 3.63) is 30.1 Å². The Balaban J connectivity index is 0.00000392. The van der Waals surface area contributed by atoms with Crippen molar-refractivity contribution in [3.8, 4) is 0 Å². The van der Waals surface area contributed by atoms with E-state index in [1.165, 1.54) is 42.7 Å². The van der Waals surface area contributed by atoms with Crippen molar-refractivity contribution in [1.82, 2.24) is 9.62 Å². The van der Waals surface area contributed by atoms with E-state index >= 15 is 0 Å². The minimum atomic E-state index is -3.68. The van der Waals surface area contributed by atoms with Gasteiger partial charge in [0.2, 0.25) is 15.9 Å². The predicted octanol–water partition coefficient (Wildman–Crippen LogP) is 2.67. The van der Waals surface area contributed by atoms with Gasteiger partial charge in [-0.25, -0.2) is 17.1 Å². The van der Waals surface area contributed by atoms with E-state index < -0.39 is 15.8 Å². The summed E-state index contributed by atoms with van der Waals surface area (Å²) in [6.07, 6.45) is 6.46. The summed E-state index contributed by atoms with van der Waals surface area (Å²) in [4.78, 5) is 12.3. The molecule has 1 fully saturated rings. The van der Waals surface area contributed by atoms with E-state index in [1.54, 1.807) is 0 Å². The Kier molecular flexibility index (Phi) is 10.4. The van der Waals surface area contributed by atoms with E-state index in [9.17, 15) is 17.6 Å². The van der Waals surface area contributed by atoms with Gasteiger partial charge >= 0.3 is 0 Å². The lowest BCUT2D eigenvalue weighted by molar-refractivity contribution is -0.122. The molecule has 0 bridgehead atoms. The number of rotatable bonds is 9. The highest BCUT2D eigenvalue weighted by Crippen LogP contribution is 2.26. The van der Waals surface area contributed by atoms with E-state index in [1.807, 2.05) is 0 Å². The van der Waals surface area contributed by atoms with Crippen molar-refractivity contribution >= 4 is 28.3 Å². The molecule has 0 spiro atoms. The van der Waals surface area contributed by atoms with Crippen LogP contribution >= 0.6 is 12.4 Å². The largest absolute Gasteiger partial charge is 0.352 e. The lowest BCUT2D eigenvalue weighted by Crippen LogP contribution is -2.46. The molecule has 3 N–H and O–H groups in total. The molecule has 6 nitrogen and oxygen atoms in total. The van der Waals surface area contributed by atoms with Crippen molar-refractivity contribution in [2.75, 3.05) is 20.1 Å². The third-order valence-corrected chi connectivity index (χ3v) is 7.09. The standard InChI is InChI=1S/C19H30FN3O3S.ClH/c1-23(27(25,26)17-11-9-16(20)10-12-17)13-5-8-19(24)22-18(14-21)15-6-3-2-4-7-15;/h9-12,15,18H,2-8,13-14,21H2,1H3,(H,22,24);1H. The van der Waals surface area contributed by atoms with E-state index in [-0.39, 0.29) is 42.2 Å². The lowest BCUT2D eigenvalue weighted by atomic mass is 9.84. The van der Waals surface area contributed by atoms with Gasteiger partial charge in [0, 0.05) is 32.6 Å². The van der Waals surface area contributed by atoms with Gasteiger partial charge in [-0.15, -0.1) is 12.4 Å². The quantitative estimate of drug-likeness (QED) is 0.623. The maximum Gasteiger partial charge on any atom is 0.242 e. The van der Waals surface area contributed by atoms with Crippen LogP contribution in [0.15, 0.2) is 29.2 Å². The van der Waals surface area contributed by atoms with Gasteiger partial charge in [-0.3, -0.25) is 4.79 Å². The van der Waals surface area contributed by atoms with Gasteiger partial charge in [-0.1, -0.05) is 19.3 Å². The number of carbonyl (C=O) groups is 1. The van der Waals surface area contributed by atoms with E-state index in [0.29, 0.717) is 18.9 Å². The Bertz CT molecular complexity index is 710. The zero-order valence-electron chi connectivity index (χ0n) is 16.3. The highest BCUT2D eigenvalue weighted by Gasteiger charge is 2.24. The molecule has 1 aliphatic carbocycles. The summed E-state index contributed by atoms with van der Waals surface area (Å²) in [5, 5.41) is 3.01. The average Bonchev–Trinajstić information content (AvgIpc) is 2.67. The topological polar surface area (TPSA) is 92.5 Å². The predicted molar refractivity (Wildman–Crippen MR) is 110 cm³/mol. The molecule has 1 aromatic rings. The van der Waals surface area contributed by atoms with E-state index in [2.05, 4.69) is 5.32 Å². The SMILES string of the molecule is CN(CCCC(=O)NC(CN)C1CCCCC1)S(=O)(=O)c1ccc(F)cc1.Cl.